The molecule has 1 rings (SSSR count). The summed E-state index contributed by atoms with van der Waals surface area (Å²) in [6.07, 6.45) is 0.981. The molecule has 0 bridgehead atoms. The van der Waals surface area contributed by atoms with Gasteiger partial charge >= 0.3 is 5.97 Å². The molecule has 0 unspecified atom stereocenters. The van der Waals surface area contributed by atoms with Gasteiger partial charge in [-0.3, -0.25) is 4.18 Å². The summed E-state index contributed by atoms with van der Waals surface area (Å²) in [6.45, 7) is 1.01. The Morgan fingerprint density at radius 2 is 1.68 bits per heavy atom. The van der Waals surface area contributed by atoms with Crippen molar-refractivity contribution in [3.05, 3.63) is 35.4 Å². The number of carbonyl (C=O) groups excluding carboxylic acids is 1. The molecule has 0 saturated heterocycles. The molecule has 0 aliphatic rings. The first-order chi connectivity index (χ1) is 10.4. The number of carbonyl (C=O) groups is 1. The van der Waals surface area contributed by atoms with Gasteiger partial charge in [-0.15, -0.1) is 0 Å². The molecule has 0 saturated carbocycles. The molecular formula is C14H20O7S. The van der Waals surface area contributed by atoms with Crippen LogP contribution in [0.15, 0.2) is 24.3 Å². The maximum absolute atomic E-state index is 11.6. The summed E-state index contributed by atoms with van der Waals surface area (Å²) in [4.78, 5) is 11.6. The molecule has 0 N–H and O–H groups in total. The predicted molar refractivity (Wildman–Crippen MR) is 79.1 cm³/mol. The molecule has 8 heteroatoms. The average Bonchev–Trinajstić information content (AvgIpc) is 2.48. The van der Waals surface area contributed by atoms with Crippen molar-refractivity contribution in [1.29, 1.82) is 0 Å². The fourth-order valence-corrected chi connectivity index (χ4v) is 1.97. The minimum Gasteiger partial charge on any atom is -0.465 e. The number of methoxy groups -OCH3 is 1. The molecular weight excluding hydrogens is 312 g/mol. The highest BCUT2D eigenvalue weighted by Gasteiger charge is 2.10. The Labute approximate surface area is 130 Å². The van der Waals surface area contributed by atoms with Crippen LogP contribution >= 0.6 is 0 Å². The summed E-state index contributed by atoms with van der Waals surface area (Å²) in [7, 11) is -2.10. The summed E-state index contributed by atoms with van der Waals surface area (Å²) in [6, 6.07) is 7.02. The number of ether oxygens (including phenoxy) is 3. The molecule has 1 aromatic carbocycles. The van der Waals surface area contributed by atoms with Gasteiger partial charge in [-0.25, -0.2) is 4.79 Å². The van der Waals surface area contributed by atoms with E-state index in [2.05, 4.69) is 4.18 Å². The summed E-state index contributed by atoms with van der Waals surface area (Å²) < 4.78 is 41.2. The van der Waals surface area contributed by atoms with Crippen LogP contribution < -0.4 is 0 Å². The van der Waals surface area contributed by atoms with Crippen molar-refractivity contribution in [2.24, 2.45) is 0 Å². The van der Waals surface area contributed by atoms with Crippen LogP contribution in [-0.2, 0) is 35.1 Å². The molecule has 7 nitrogen and oxygen atoms in total. The first-order valence-corrected chi connectivity index (χ1v) is 8.42. The molecule has 0 aliphatic heterocycles. The van der Waals surface area contributed by atoms with Gasteiger partial charge in [0.25, 0.3) is 10.1 Å². The SMILES string of the molecule is COC(=O)c1ccccc1COCCOCCOS(C)(=O)=O. The number of benzene rings is 1. The monoisotopic (exact) mass is 332 g/mol. The van der Waals surface area contributed by atoms with Crippen molar-refractivity contribution in [1.82, 2.24) is 0 Å². The van der Waals surface area contributed by atoms with Gasteiger partial charge in [-0.1, -0.05) is 18.2 Å². The van der Waals surface area contributed by atoms with Crippen molar-refractivity contribution in [2.45, 2.75) is 6.61 Å². The van der Waals surface area contributed by atoms with Crippen molar-refractivity contribution < 1.29 is 31.6 Å². The maximum atomic E-state index is 11.6. The molecule has 0 radical (unpaired) electrons. The number of hydrogen-bond acceptors (Lipinski definition) is 7. The smallest absolute Gasteiger partial charge is 0.338 e. The van der Waals surface area contributed by atoms with Gasteiger partial charge in [0.1, 0.15) is 0 Å². The van der Waals surface area contributed by atoms with Crippen molar-refractivity contribution in [2.75, 3.05) is 39.8 Å². The van der Waals surface area contributed by atoms with Gasteiger partial charge in [0, 0.05) is 0 Å². The third kappa shape index (κ3) is 7.51. The highest BCUT2D eigenvalue weighted by atomic mass is 32.2. The minimum absolute atomic E-state index is 0.0238. The van der Waals surface area contributed by atoms with E-state index in [4.69, 9.17) is 14.2 Å². The van der Waals surface area contributed by atoms with Gasteiger partial charge < -0.3 is 14.2 Å². The third-order valence-electron chi connectivity index (χ3n) is 2.58. The van der Waals surface area contributed by atoms with E-state index < -0.39 is 16.1 Å². The predicted octanol–water partition coefficient (Wildman–Crippen LogP) is 0.983. The molecule has 22 heavy (non-hydrogen) atoms. The summed E-state index contributed by atoms with van der Waals surface area (Å²) >= 11 is 0. The fraction of sp³-hybridized carbons (Fsp3) is 0.500. The van der Waals surface area contributed by atoms with E-state index in [1.807, 2.05) is 6.07 Å². The first-order valence-electron chi connectivity index (χ1n) is 6.60. The average molecular weight is 332 g/mol. The summed E-state index contributed by atoms with van der Waals surface area (Å²) in [5.74, 6) is -0.409. The van der Waals surface area contributed by atoms with Crippen molar-refractivity contribution in [3.8, 4) is 0 Å². The van der Waals surface area contributed by atoms with Gasteiger partial charge in [0.2, 0.25) is 0 Å². The van der Waals surface area contributed by atoms with Crippen LogP contribution in [0.5, 0.6) is 0 Å². The number of rotatable bonds is 10. The summed E-state index contributed by atoms with van der Waals surface area (Å²) in [5.41, 5.74) is 1.20. The quantitative estimate of drug-likeness (QED) is 0.358. The zero-order chi connectivity index (χ0) is 16.4. The second-order valence-corrected chi connectivity index (χ2v) is 5.98. The molecule has 0 aliphatic carbocycles. The van der Waals surface area contributed by atoms with Crippen LogP contribution in [0.1, 0.15) is 15.9 Å². The molecule has 0 spiro atoms. The molecule has 0 amide bonds. The lowest BCUT2D eigenvalue weighted by Crippen LogP contribution is -2.12. The Kier molecular flexibility index (Phi) is 8.03. The molecule has 0 aromatic heterocycles. The lowest BCUT2D eigenvalue weighted by atomic mass is 10.1. The van der Waals surface area contributed by atoms with Crippen LogP contribution in [0.25, 0.3) is 0 Å². The van der Waals surface area contributed by atoms with Gasteiger partial charge in [0.15, 0.2) is 0 Å². The fourth-order valence-electron chi connectivity index (χ4n) is 1.60. The van der Waals surface area contributed by atoms with Crippen molar-refractivity contribution >= 4 is 16.1 Å². The van der Waals surface area contributed by atoms with Crippen LogP contribution in [0.2, 0.25) is 0 Å². The largest absolute Gasteiger partial charge is 0.465 e. The lowest BCUT2D eigenvalue weighted by molar-refractivity contribution is 0.0304. The van der Waals surface area contributed by atoms with E-state index in [1.54, 1.807) is 18.2 Å². The second kappa shape index (κ2) is 9.52. The molecule has 0 fully saturated rings. The van der Waals surface area contributed by atoms with Crippen LogP contribution in [0.3, 0.4) is 0 Å². The second-order valence-electron chi connectivity index (χ2n) is 4.34. The van der Waals surface area contributed by atoms with E-state index in [1.165, 1.54) is 7.11 Å². The van der Waals surface area contributed by atoms with E-state index in [0.717, 1.165) is 11.8 Å². The van der Waals surface area contributed by atoms with Crippen LogP contribution in [0.4, 0.5) is 0 Å². The van der Waals surface area contributed by atoms with E-state index in [9.17, 15) is 13.2 Å². The van der Waals surface area contributed by atoms with E-state index >= 15 is 0 Å². The molecule has 0 heterocycles. The molecule has 124 valence electrons. The highest BCUT2D eigenvalue weighted by Crippen LogP contribution is 2.11. The Morgan fingerprint density at radius 1 is 1.05 bits per heavy atom. The highest BCUT2D eigenvalue weighted by molar-refractivity contribution is 7.85. The number of esters is 1. The Hall–Kier alpha value is -1.48. The Morgan fingerprint density at radius 3 is 2.36 bits per heavy atom. The van der Waals surface area contributed by atoms with E-state index in [0.29, 0.717) is 18.8 Å². The normalized spacial score (nSPS) is 11.4. The Bertz CT molecular complexity index is 568. The number of hydrogen-bond donors (Lipinski definition) is 0. The Balaban J connectivity index is 2.21. The van der Waals surface area contributed by atoms with Gasteiger partial charge in [0.05, 0.1) is 52.0 Å². The zero-order valence-corrected chi connectivity index (χ0v) is 13.4. The first kappa shape index (κ1) is 18.6. The van der Waals surface area contributed by atoms with Gasteiger partial charge in [-0.05, 0) is 11.6 Å². The lowest BCUT2D eigenvalue weighted by Gasteiger charge is -2.09. The minimum atomic E-state index is -3.43. The summed E-state index contributed by atoms with van der Waals surface area (Å²) in [5, 5.41) is 0. The molecule has 1 aromatic rings. The third-order valence-corrected chi connectivity index (χ3v) is 3.17. The van der Waals surface area contributed by atoms with Crippen molar-refractivity contribution in [3.63, 3.8) is 0 Å². The van der Waals surface area contributed by atoms with Crippen LogP contribution in [-0.4, -0.2) is 54.2 Å². The standard InChI is InChI=1S/C14H20O7S/c1-18-14(15)13-6-4-3-5-12(13)11-20-8-7-19-9-10-21-22(2,16)17/h3-6H,7-11H2,1-2H3. The van der Waals surface area contributed by atoms with Gasteiger partial charge in [-0.2, -0.15) is 8.42 Å². The zero-order valence-electron chi connectivity index (χ0n) is 12.6. The molecule has 0 atom stereocenters. The topological polar surface area (TPSA) is 88.1 Å². The van der Waals surface area contributed by atoms with E-state index in [-0.39, 0.29) is 19.8 Å². The maximum Gasteiger partial charge on any atom is 0.338 e. The van der Waals surface area contributed by atoms with Crippen LogP contribution in [0, 0.1) is 0 Å².